The van der Waals surface area contributed by atoms with Gasteiger partial charge in [0.15, 0.2) is 0 Å². The average molecular weight is 283 g/mol. The highest BCUT2D eigenvalue weighted by Crippen LogP contribution is 2.37. The van der Waals surface area contributed by atoms with E-state index in [1.165, 1.54) is 11.3 Å². The minimum Gasteiger partial charge on any atom is -0.477 e. The maximum Gasteiger partial charge on any atom is 0.345 e. The van der Waals surface area contributed by atoms with E-state index in [9.17, 15) is 9.59 Å². The van der Waals surface area contributed by atoms with Gasteiger partial charge in [0.1, 0.15) is 4.88 Å². The van der Waals surface area contributed by atoms with Crippen LogP contribution in [0, 0.1) is 0 Å². The first-order chi connectivity index (χ1) is 9.04. The van der Waals surface area contributed by atoms with Crippen LogP contribution in [0.4, 0.5) is 0 Å². The van der Waals surface area contributed by atoms with Gasteiger partial charge in [-0.3, -0.25) is 4.79 Å². The van der Waals surface area contributed by atoms with Crippen molar-refractivity contribution in [2.24, 2.45) is 0 Å². The lowest BCUT2D eigenvalue weighted by Crippen LogP contribution is -2.43. The second-order valence-corrected chi connectivity index (χ2v) is 5.93. The number of rotatable bonds is 6. The van der Waals surface area contributed by atoms with E-state index in [-0.39, 0.29) is 16.4 Å². The summed E-state index contributed by atoms with van der Waals surface area (Å²) in [4.78, 5) is 23.7. The second-order valence-electron chi connectivity index (χ2n) is 4.77. The number of thiophene rings is 1. The summed E-state index contributed by atoms with van der Waals surface area (Å²) in [6, 6.07) is 3.28. The first-order valence-corrected chi connectivity index (χ1v) is 7.00. The molecule has 1 heterocycles. The Morgan fingerprint density at radius 2 is 2.21 bits per heavy atom. The summed E-state index contributed by atoms with van der Waals surface area (Å²) in [5.74, 6) is -0.984. The van der Waals surface area contributed by atoms with Crippen molar-refractivity contribution in [3.63, 3.8) is 0 Å². The molecule has 0 radical (unpaired) electrons. The van der Waals surface area contributed by atoms with E-state index in [2.05, 4.69) is 5.32 Å². The van der Waals surface area contributed by atoms with Crippen LogP contribution in [0.5, 0.6) is 0 Å². The maximum atomic E-state index is 11.8. The lowest BCUT2D eigenvalue weighted by atomic mass is 9.77. The molecule has 5 nitrogen and oxygen atoms in total. The Labute approximate surface area is 115 Å². The molecule has 0 aromatic carbocycles. The van der Waals surface area contributed by atoms with E-state index in [4.69, 9.17) is 9.84 Å². The number of hydrogen-bond donors (Lipinski definition) is 2. The van der Waals surface area contributed by atoms with Gasteiger partial charge in [-0.05, 0) is 31.4 Å². The molecule has 0 unspecified atom stereocenters. The highest BCUT2D eigenvalue weighted by Gasteiger charge is 2.38. The monoisotopic (exact) mass is 283 g/mol. The Morgan fingerprint density at radius 1 is 1.47 bits per heavy atom. The van der Waals surface area contributed by atoms with Crippen molar-refractivity contribution >= 4 is 23.2 Å². The van der Waals surface area contributed by atoms with Gasteiger partial charge >= 0.3 is 5.97 Å². The quantitative estimate of drug-likeness (QED) is 0.837. The normalized spacial score (nSPS) is 16.7. The topological polar surface area (TPSA) is 75.6 Å². The molecular formula is C13H17NO4S. The number of carbonyl (C=O) groups excluding carboxylic acids is 1. The number of carboxylic acid groups (broad SMARTS) is 1. The highest BCUT2D eigenvalue weighted by molar-refractivity contribution is 7.13. The number of carbonyl (C=O) groups is 2. The van der Waals surface area contributed by atoms with Gasteiger partial charge in [0.2, 0.25) is 5.91 Å². The Balaban J connectivity index is 1.81. The number of methoxy groups -OCH3 is 1. The maximum absolute atomic E-state index is 11.8. The summed E-state index contributed by atoms with van der Waals surface area (Å²) >= 11 is 1.18. The minimum absolute atomic E-state index is 0.0492. The van der Waals surface area contributed by atoms with Crippen LogP contribution < -0.4 is 5.32 Å². The average Bonchev–Trinajstić information content (AvgIpc) is 2.80. The molecule has 1 aromatic rings. The third-order valence-corrected chi connectivity index (χ3v) is 4.59. The van der Waals surface area contributed by atoms with E-state index in [0.29, 0.717) is 13.0 Å². The number of aromatic carboxylic acids is 1. The minimum atomic E-state index is -0.935. The van der Waals surface area contributed by atoms with Crippen LogP contribution in [0.2, 0.25) is 0 Å². The van der Waals surface area contributed by atoms with Crippen molar-refractivity contribution in [2.75, 3.05) is 7.11 Å². The molecule has 104 valence electrons. The molecule has 2 rings (SSSR count). The Morgan fingerprint density at radius 3 is 2.68 bits per heavy atom. The standard InChI is InChI=1S/C13H17NO4S/c1-18-13(5-2-6-13)7-11(15)14-8-9-3-4-10(19-9)12(16)17/h3-4H,2,5-8H2,1H3,(H,14,15)(H,16,17). The Hall–Kier alpha value is -1.40. The summed E-state index contributed by atoms with van der Waals surface area (Å²) < 4.78 is 5.40. The van der Waals surface area contributed by atoms with Gasteiger partial charge in [-0.15, -0.1) is 11.3 Å². The number of amides is 1. The predicted octanol–water partition coefficient (Wildman–Crippen LogP) is 2.02. The molecule has 0 aliphatic heterocycles. The molecule has 1 amide bonds. The first kappa shape index (κ1) is 14.0. The van der Waals surface area contributed by atoms with Crippen LogP contribution in [0.1, 0.15) is 40.2 Å². The summed E-state index contributed by atoms with van der Waals surface area (Å²) in [6.07, 6.45) is 3.34. The number of ether oxygens (including phenoxy) is 1. The van der Waals surface area contributed by atoms with Gasteiger partial charge in [-0.2, -0.15) is 0 Å². The van der Waals surface area contributed by atoms with Crippen LogP contribution in [0.25, 0.3) is 0 Å². The Kier molecular flexibility index (Phi) is 4.21. The zero-order valence-electron chi connectivity index (χ0n) is 10.8. The molecule has 1 aliphatic carbocycles. The molecule has 1 aliphatic rings. The number of carboxylic acids is 1. The molecule has 0 atom stereocenters. The largest absolute Gasteiger partial charge is 0.477 e. The smallest absolute Gasteiger partial charge is 0.345 e. The SMILES string of the molecule is COC1(CC(=O)NCc2ccc(C(=O)O)s2)CCC1. The van der Waals surface area contributed by atoms with E-state index < -0.39 is 5.97 Å². The molecule has 0 spiro atoms. The molecule has 1 aromatic heterocycles. The van der Waals surface area contributed by atoms with Gasteiger partial charge in [-0.1, -0.05) is 0 Å². The molecule has 6 heteroatoms. The fourth-order valence-corrected chi connectivity index (χ4v) is 2.94. The molecule has 0 saturated heterocycles. The van der Waals surface area contributed by atoms with Crippen molar-refractivity contribution in [1.82, 2.24) is 5.32 Å². The lowest BCUT2D eigenvalue weighted by Gasteiger charge is -2.39. The lowest BCUT2D eigenvalue weighted by molar-refractivity contribution is -0.134. The van der Waals surface area contributed by atoms with E-state index in [0.717, 1.165) is 24.1 Å². The van der Waals surface area contributed by atoms with Crippen molar-refractivity contribution in [2.45, 2.75) is 37.8 Å². The van der Waals surface area contributed by atoms with Gasteiger partial charge in [0, 0.05) is 12.0 Å². The van der Waals surface area contributed by atoms with Crippen molar-refractivity contribution in [3.05, 3.63) is 21.9 Å². The number of nitrogens with one attached hydrogen (secondary N) is 1. The Bertz CT molecular complexity index is 473. The van der Waals surface area contributed by atoms with Crippen molar-refractivity contribution < 1.29 is 19.4 Å². The molecule has 0 bridgehead atoms. The zero-order chi connectivity index (χ0) is 13.9. The summed E-state index contributed by atoms with van der Waals surface area (Å²) in [5.41, 5.74) is -0.272. The molecular weight excluding hydrogens is 266 g/mol. The predicted molar refractivity (Wildman–Crippen MR) is 71.3 cm³/mol. The van der Waals surface area contributed by atoms with Gasteiger partial charge in [-0.25, -0.2) is 4.79 Å². The van der Waals surface area contributed by atoms with Crippen molar-refractivity contribution in [1.29, 1.82) is 0 Å². The van der Waals surface area contributed by atoms with Crippen molar-refractivity contribution in [3.8, 4) is 0 Å². The fraction of sp³-hybridized carbons (Fsp3) is 0.538. The summed E-state index contributed by atoms with van der Waals surface area (Å²) in [7, 11) is 1.64. The molecule has 2 N–H and O–H groups in total. The van der Waals surface area contributed by atoms with Crippen LogP contribution >= 0.6 is 11.3 Å². The van der Waals surface area contributed by atoms with Gasteiger partial charge in [0.05, 0.1) is 18.6 Å². The second kappa shape index (κ2) is 5.71. The molecule has 1 fully saturated rings. The summed E-state index contributed by atoms with van der Waals surface area (Å²) in [6.45, 7) is 0.372. The highest BCUT2D eigenvalue weighted by atomic mass is 32.1. The summed E-state index contributed by atoms with van der Waals surface area (Å²) in [5, 5.41) is 11.6. The number of hydrogen-bond acceptors (Lipinski definition) is 4. The van der Waals surface area contributed by atoms with E-state index in [1.54, 1.807) is 19.2 Å². The van der Waals surface area contributed by atoms with Gasteiger partial charge in [0.25, 0.3) is 0 Å². The molecule has 1 saturated carbocycles. The third-order valence-electron chi connectivity index (χ3n) is 3.51. The third kappa shape index (κ3) is 3.33. The van der Waals surface area contributed by atoms with E-state index in [1.807, 2.05) is 0 Å². The van der Waals surface area contributed by atoms with Crippen LogP contribution in [-0.2, 0) is 16.1 Å². The van der Waals surface area contributed by atoms with Gasteiger partial charge < -0.3 is 15.2 Å². The zero-order valence-corrected chi connectivity index (χ0v) is 11.6. The fourth-order valence-electron chi connectivity index (χ4n) is 2.15. The molecule has 19 heavy (non-hydrogen) atoms. The van der Waals surface area contributed by atoms with Crippen LogP contribution in [-0.4, -0.2) is 29.7 Å². The van der Waals surface area contributed by atoms with Crippen LogP contribution in [0.3, 0.4) is 0 Å². The van der Waals surface area contributed by atoms with E-state index >= 15 is 0 Å². The first-order valence-electron chi connectivity index (χ1n) is 6.18. The van der Waals surface area contributed by atoms with Crippen LogP contribution in [0.15, 0.2) is 12.1 Å².